The predicted octanol–water partition coefficient (Wildman–Crippen LogP) is 3.03. The van der Waals surface area contributed by atoms with Crippen molar-refractivity contribution in [3.8, 4) is 0 Å². The Balaban J connectivity index is 1.91. The molecule has 138 valence electrons. The summed E-state index contributed by atoms with van der Waals surface area (Å²) in [6.07, 6.45) is -3.17. The number of alkyl halides is 3. The van der Waals surface area contributed by atoms with Crippen molar-refractivity contribution in [3.63, 3.8) is 0 Å². The molecule has 7 heteroatoms. The summed E-state index contributed by atoms with van der Waals surface area (Å²) in [5.41, 5.74) is -0.0388. The van der Waals surface area contributed by atoms with E-state index in [1.165, 1.54) is 12.1 Å². The topological polar surface area (TPSA) is 41.6 Å². The summed E-state index contributed by atoms with van der Waals surface area (Å²) in [5.74, 6) is -0.395. The number of piperidine rings is 1. The lowest BCUT2D eigenvalue weighted by Gasteiger charge is -2.32. The van der Waals surface area contributed by atoms with Crippen molar-refractivity contribution in [2.24, 2.45) is 0 Å². The van der Waals surface area contributed by atoms with Crippen molar-refractivity contribution >= 4 is 5.91 Å². The van der Waals surface area contributed by atoms with Gasteiger partial charge in [0.15, 0.2) is 0 Å². The fraction of sp³-hybridized carbons (Fsp3) is 0.611. The van der Waals surface area contributed by atoms with Crippen LogP contribution in [0.15, 0.2) is 18.2 Å². The van der Waals surface area contributed by atoms with Gasteiger partial charge in [0.2, 0.25) is 0 Å². The number of hydrogen-bond acceptors (Lipinski definition) is 3. The molecule has 1 aromatic carbocycles. The van der Waals surface area contributed by atoms with Crippen LogP contribution < -0.4 is 5.32 Å². The monoisotopic (exact) mass is 356 g/mol. The number of carbonyl (C=O) groups is 1. The van der Waals surface area contributed by atoms with Gasteiger partial charge < -0.3 is 15.0 Å². The molecule has 0 bridgehead atoms. The van der Waals surface area contributed by atoms with Gasteiger partial charge in [-0.3, -0.25) is 4.79 Å². The van der Waals surface area contributed by atoms with Crippen molar-refractivity contribution in [3.05, 3.63) is 34.9 Å². The number of morpholine rings is 1. The Morgan fingerprint density at radius 3 is 2.64 bits per heavy atom. The van der Waals surface area contributed by atoms with Gasteiger partial charge in [-0.05, 0) is 62.5 Å². The van der Waals surface area contributed by atoms with Crippen molar-refractivity contribution in [2.45, 2.75) is 38.0 Å². The van der Waals surface area contributed by atoms with Gasteiger partial charge in [0.05, 0.1) is 18.3 Å². The fourth-order valence-corrected chi connectivity index (χ4v) is 3.61. The molecule has 0 radical (unpaired) electrons. The van der Waals surface area contributed by atoms with Gasteiger partial charge in [0.1, 0.15) is 0 Å². The highest BCUT2D eigenvalue weighted by Crippen LogP contribution is 2.38. The molecule has 1 N–H and O–H groups in total. The van der Waals surface area contributed by atoms with Crippen LogP contribution in [0.2, 0.25) is 0 Å². The van der Waals surface area contributed by atoms with E-state index in [0.717, 1.165) is 6.07 Å². The molecule has 2 aliphatic rings. The third kappa shape index (κ3) is 4.15. The predicted molar refractivity (Wildman–Crippen MR) is 87.6 cm³/mol. The second kappa shape index (κ2) is 7.33. The van der Waals surface area contributed by atoms with Crippen molar-refractivity contribution in [2.75, 3.05) is 32.8 Å². The normalized spacial score (nSPS) is 22.9. The van der Waals surface area contributed by atoms with E-state index in [0.29, 0.717) is 51.2 Å². The van der Waals surface area contributed by atoms with Crippen LogP contribution in [-0.2, 0) is 10.9 Å². The van der Waals surface area contributed by atoms with Crippen LogP contribution in [0.5, 0.6) is 0 Å². The van der Waals surface area contributed by atoms with Gasteiger partial charge in [-0.25, -0.2) is 0 Å². The van der Waals surface area contributed by atoms with E-state index in [1.54, 1.807) is 4.90 Å². The average molecular weight is 356 g/mol. The maximum atomic E-state index is 13.4. The number of hydrogen-bond donors (Lipinski definition) is 1. The molecule has 1 amide bonds. The Kier molecular flexibility index (Phi) is 5.34. The Bertz CT molecular complexity index is 627. The van der Waals surface area contributed by atoms with E-state index >= 15 is 0 Å². The first-order valence-corrected chi connectivity index (χ1v) is 8.69. The highest BCUT2D eigenvalue weighted by Gasteiger charge is 2.36. The molecule has 0 spiro atoms. The SMILES string of the molecule is CC1CN(C(=O)c2ccc(C(F)(F)F)c(C3CCNCC3)c2)CCO1. The molecule has 0 saturated carbocycles. The summed E-state index contributed by atoms with van der Waals surface area (Å²) in [6, 6.07) is 3.83. The summed E-state index contributed by atoms with van der Waals surface area (Å²) < 4.78 is 45.7. The molecule has 2 fully saturated rings. The number of benzene rings is 1. The molecule has 1 unspecified atom stereocenters. The number of nitrogens with zero attached hydrogens (tertiary/aromatic N) is 1. The van der Waals surface area contributed by atoms with Gasteiger partial charge in [-0.1, -0.05) is 0 Å². The van der Waals surface area contributed by atoms with Crippen LogP contribution in [0, 0.1) is 0 Å². The second-order valence-electron chi connectivity index (χ2n) is 6.76. The van der Waals surface area contributed by atoms with Crippen LogP contribution >= 0.6 is 0 Å². The third-order valence-corrected chi connectivity index (χ3v) is 4.91. The van der Waals surface area contributed by atoms with Crippen LogP contribution in [0.4, 0.5) is 13.2 Å². The molecular weight excluding hydrogens is 333 g/mol. The molecule has 1 atom stereocenters. The highest BCUT2D eigenvalue weighted by atomic mass is 19.4. The summed E-state index contributed by atoms with van der Waals surface area (Å²) in [5, 5.41) is 3.17. The minimum atomic E-state index is -4.41. The number of nitrogens with one attached hydrogen (secondary N) is 1. The zero-order valence-corrected chi connectivity index (χ0v) is 14.2. The van der Waals surface area contributed by atoms with Gasteiger partial charge in [-0.2, -0.15) is 13.2 Å². The van der Waals surface area contributed by atoms with E-state index in [1.807, 2.05) is 6.92 Å². The zero-order valence-electron chi connectivity index (χ0n) is 14.2. The largest absolute Gasteiger partial charge is 0.416 e. The van der Waals surface area contributed by atoms with E-state index in [4.69, 9.17) is 4.74 Å². The van der Waals surface area contributed by atoms with Crippen LogP contribution in [0.25, 0.3) is 0 Å². The average Bonchev–Trinajstić information content (AvgIpc) is 2.60. The van der Waals surface area contributed by atoms with Crippen LogP contribution in [0.3, 0.4) is 0 Å². The van der Waals surface area contributed by atoms with Crippen LogP contribution in [0.1, 0.15) is 47.2 Å². The second-order valence-corrected chi connectivity index (χ2v) is 6.76. The van der Waals surface area contributed by atoms with Crippen molar-refractivity contribution in [1.29, 1.82) is 0 Å². The molecule has 1 aromatic rings. The maximum Gasteiger partial charge on any atom is 0.416 e. The zero-order chi connectivity index (χ0) is 18.0. The Hall–Kier alpha value is -1.60. The maximum absolute atomic E-state index is 13.4. The van der Waals surface area contributed by atoms with Gasteiger partial charge in [0.25, 0.3) is 5.91 Å². The highest BCUT2D eigenvalue weighted by molar-refractivity contribution is 5.94. The summed E-state index contributed by atoms with van der Waals surface area (Å²) in [4.78, 5) is 14.4. The summed E-state index contributed by atoms with van der Waals surface area (Å²) in [6.45, 7) is 4.65. The van der Waals surface area contributed by atoms with E-state index in [2.05, 4.69) is 5.32 Å². The molecule has 3 rings (SSSR count). The molecule has 0 aromatic heterocycles. The summed E-state index contributed by atoms with van der Waals surface area (Å²) in [7, 11) is 0. The summed E-state index contributed by atoms with van der Waals surface area (Å²) >= 11 is 0. The minimum absolute atomic E-state index is 0.0592. The Morgan fingerprint density at radius 1 is 1.28 bits per heavy atom. The molecule has 2 aliphatic heterocycles. The third-order valence-electron chi connectivity index (χ3n) is 4.91. The van der Waals surface area contributed by atoms with Crippen molar-refractivity contribution in [1.82, 2.24) is 10.2 Å². The molecule has 4 nitrogen and oxygen atoms in total. The van der Waals surface area contributed by atoms with E-state index in [9.17, 15) is 18.0 Å². The smallest absolute Gasteiger partial charge is 0.375 e. The molecule has 2 saturated heterocycles. The first kappa shape index (κ1) is 18.2. The number of ether oxygens (including phenoxy) is 1. The van der Waals surface area contributed by atoms with Gasteiger partial charge in [0, 0.05) is 18.7 Å². The Morgan fingerprint density at radius 2 is 2.00 bits per heavy atom. The number of halogens is 3. The van der Waals surface area contributed by atoms with E-state index in [-0.39, 0.29) is 23.5 Å². The Labute approximate surface area is 145 Å². The van der Waals surface area contributed by atoms with Gasteiger partial charge >= 0.3 is 6.18 Å². The van der Waals surface area contributed by atoms with Crippen LogP contribution in [-0.4, -0.2) is 49.7 Å². The van der Waals surface area contributed by atoms with E-state index < -0.39 is 11.7 Å². The standard InChI is InChI=1S/C18H23F3N2O2/c1-12-11-23(8-9-25-12)17(24)14-2-3-16(18(19,20)21)15(10-14)13-4-6-22-7-5-13/h2-3,10,12-13,22H,4-9,11H2,1H3. The fourth-order valence-electron chi connectivity index (χ4n) is 3.61. The molecule has 2 heterocycles. The van der Waals surface area contributed by atoms with Crippen molar-refractivity contribution < 1.29 is 22.7 Å². The lowest BCUT2D eigenvalue weighted by molar-refractivity contribution is -0.138. The molecule has 0 aliphatic carbocycles. The number of rotatable bonds is 2. The molecular formula is C18H23F3N2O2. The number of carbonyl (C=O) groups excluding carboxylic acids is 1. The first-order valence-electron chi connectivity index (χ1n) is 8.69. The number of amides is 1. The first-order chi connectivity index (χ1) is 11.9. The molecule has 25 heavy (non-hydrogen) atoms. The minimum Gasteiger partial charge on any atom is -0.375 e. The lowest BCUT2D eigenvalue weighted by atomic mass is 9.85. The van der Waals surface area contributed by atoms with Gasteiger partial charge in [-0.15, -0.1) is 0 Å². The lowest BCUT2D eigenvalue weighted by Crippen LogP contribution is -2.44. The quantitative estimate of drug-likeness (QED) is 0.886.